The predicted molar refractivity (Wildman–Crippen MR) is 82.8 cm³/mol. The summed E-state index contributed by atoms with van der Waals surface area (Å²) in [7, 11) is 0. The summed E-state index contributed by atoms with van der Waals surface area (Å²) < 4.78 is 0. The van der Waals surface area contributed by atoms with Crippen LogP contribution in [0.25, 0.3) is 0 Å². The van der Waals surface area contributed by atoms with Crippen molar-refractivity contribution in [2.45, 2.75) is 44.6 Å². The van der Waals surface area contributed by atoms with Crippen molar-refractivity contribution in [3.63, 3.8) is 0 Å². The summed E-state index contributed by atoms with van der Waals surface area (Å²) in [6, 6.07) is 12.9. The maximum Gasteiger partial charge on any atom is 0.0482 e. The fourth-order valence-electron chi connectivity index (χ4n) is 3.30. The minimum Gasteiger partial charge on any atom is -0.327 e. The molecule has 1 heterocycles. The van der Waals surface area contributed by atoms with Crippen LogP contribution in [0.3, 0.4) is 0 Å². The van der Waals surface area contributed by atoms with Crippen LogP contribution in [0.2, 0.25) is 0 Å². The van der Waals surface area contributed by atoms with Gasteiger partial charge in [-0.25, -0.2) is 0 Å². The summed E-state index contributed by atoms with van der Waals surface area (Å²) in [5.41, 5.74) is 11.8. The Morgan fingerprint density at radius 1 is 1.25 bits per heavy atom. The van der Waals surface area contributed by atoms with Crippen molar-refractivity contribution < 1.29 is 0 Å². The van der Waals surface area contributed by atoms with Crippen molar-refractivity contribution in [1.82, 2.24) is 4.98 Å². The van der Waals surface area contributed by atoms with Gasteiger partial charge in [-0.15, -0.1) is 0 Å². The molecule has 2 nitrogen and oxygen atoms in total. The molecule has 0 aliphatic heterocycles. The van der Waals surface area contributed by atoms with E-state index in [1.165, 1.54) is 28.8 Å². The average Bonchev–Trinajstić information content (AvgIpc) is 2.49. The van der Waals surface area contributed by atoms with Gasteiger partial charge in [-0.2, -0.15) is 0 Å². The Bertz CT molecular complexity index is 591. The Hall–Kier alpha value is -1.67. The molecular formula is C18H22N2. The molecule has 2 N–H and O–H groups in total. The number of nitrogens with two attached hydrogens (primary N) is 1. The van der Waals surface area contributed by atoms with Crippen LogP contribution in [0.1, 0.15) is 41.1 Å². The van der Waals surface area contributed by atoms with Crippen LogP contribution in [0.15, 0.2) is 42.6 Å². The number of benzene rings is 1. The Labute approximate surface area is 121 Å². The first-order chi connectivity index (χ1) is 9.75. The molecule has 0 fully saturated rings. The number of fused-ring (bicyclic) bond motifs is 1. The Morgan fingerprint density at radius 3 is 2.95 bits per heavy atom. The highest BCUT2D eigenvalue weighted by Gasteiger charge is 2.26. The lowest BCUT2D eigenvalue weighted by molar-refractivity contribution is 0.449. The topological polar surface area (TPSA) is 38.9 Å². The van der Waals surface area contributed by atoms with Gasteiger partial charge in [-0.3, -0.25) is 4.98 Å². The highest BCUT2D eigenvalue weighted by atomic mass is 14.7. The molecule has 0 amide bonds. The molecule has 0 bridgehead atoms. The molecule has 0 radical (unpaired) electrons. The van der Waals surface area contributed by atoms with Gasteiger partial charge in [0.05, 0.1) is 0 Å². The molecule has 0 saturated heterocycles. The van der Waals surface area contributed by atoms with Crippen LogP contribution in [0.5, 0.6) is 0 Å². The van der Waals surface area contributed by atoms with E-state index in [1.807, 2.05) is 12.3 Å². The van der Waals surface area contributed by atoms with Gasteiger partial charge in [0.25, 0.3) is 0 Å². The number of hydrogen-bond acceptors (Lipinski definition) is 2. The third kappa shape index (κ3) is 2.61. The molecule has 2 atom stereocenters. The lowest BCUT2D eigenvalue weighted by atomic mass is 9.80. The van der Waals surface area contributed by atoms with E-state index < -0.39 is 0 Å². The van der Waals surface area contributed by atoms with Gasteiger partial charge in [-0.1, -0.05) is 30.3 Å². The Morgan fingerprint density at radius 2 is 2.10 bits per heavy atom. The second-order valence-electron chi connectivity index (χ2n) is 5.84. The first-order valence-electron chi connectivity index (χ1n) is 7.49. The molecule has 1 aliphatic carbocycles. The van der Waals surface area contributed by atoms with Crippen LogP contribution < -0.4 is 5.73 Å². The summed E-state index contributed by atoms with van der Waals surface area (Å²) in [6.07, 6.45) is 6.38. The quantitative estimate of drug-likeness (QED) is 0.925. The number of hydrogen-bond donors (Lipinski definition) is 1. The largest absolute Gasteiger partial charge is 0.327 e. The highest BCUT2D eigenvalue weighted by Crippen LogP contribution is 2.32. The maximum absolute atomic E-state index is 6.52. The first-order valence-corrected chi connectivity index (χ1v) is 7.49. The fraction of sp³-hybridized carbons (Fsp3) is 0.389. The van der Waals surface area contributed by atoms with Gasteiger partial charge in [0, 0.05) is 23.9 Å². The minimum absolute atomic E-state index is 0.157. The molecule has 20 heavy (non-hydrogen) atoms. The molecular weight excluding hydrogens is 244 g/mol. The van der Waals surface area contributed by atoms with E-state index in [-0.39, 0.29) is 6.04 Å². The maximum atomic E-state index is 6.52. The molecule has 104 valence electrons. The molecule has 2 aromatic rings. The average molecular weight is 266 g/mol. The second-order valence-corrected chi connectivity index (χ2v) is 5.84. The normalized spacial score (nSPS) is 19.4. The molecule has 1 aromatic heterocycles. The molecule has 0 saturated carbocycles. The Kier molecular flexibility index (Phi) is 3.83. The van der Waals surface area contributed by atoms with Crippen molar-refractivity contribution in [2.75, 3.05) is 0 Å². The van der Waals surface area contributed by atoms with Gasteiger partial charge in [-0.05, 0) is 55.4 Å². The van der Waals surface area contributed by atoms with E-state index in [4.69, 9.17) is 5.73 Å². The van der Waals surface area contributed by atoms with E-state index in [1.54, 1.807) is 0 Å². The summed E-state index contributed by atoms with van der Waals surface area (Å²) >= 11 is 0. The van der Waals surface area contributed by atoms with E-state index in [2.05, 4.69) is 42.2 Å². The smallest absolute Gasteiger partial charge is 0.0482 e. The van der Waals surface area contributed by atoms with Crippen molar-refractivity contribution in [2.24, 2.45) is 5.73 Å². The van der Waals surface area contributed by atoms with Crippen LogP contribution in [-0.4, -0.2) is 11.0 Å². The monoisotopic (exact) mass is 266 g/mol. The van der Waals surface area contributed by atoms with Gasteiger partial charge in [0.1, 0.15) is 0 Å². The lowest BCUT2D eigenvalue weighted by Gasteiger charge is -2.29. The zero-order chi connectivity index (χ0) is 13.9. The van der Waals surface area contributed by atoms with E-state index in [0.29, 0.717) is 5.92 Å². The summed E-state index contributed by atoms with van der Waals surface area (Å²) in [4.78, 5) is 4.61. The predicted octanol–water partition coefficient (Wildman–Crippen LogP) is 3.38. The third-order valence-corrected chi connectivity index (χ3v) is 4.47. The molecule has 1 aliphatic rings. The standard InChI is InChI=1S/C18H22N2/c1-13-6-2-3-7-15(13)12-17(19)16-10-4-8-14-9-5-11-20-18(14)16/h2-3,5-7,9,11,16-17H,4,8,10,12,19H2,1H3. The molecule has 2 unspecified atom stereocenters. The van der Waals surface area contributed by atoms with Gasteiger partial charge in [0.15, 0.2) is 0 Å². The Balaban J connectivity index is 1.82. The van der Waals surface area contributed by atoms with Gasteiger partial charge in [0.2, 0.25) is 0 Å². The molecule has 3 rings (SSSR count). The van der Waals surface area contributed by atoms with Crippen molar-refractivity contribution in [1.29, 1.82) is 0 Å². The molecule has 2 heteroatoms. The SMILES string of the molecule is Cc1ccccc1CC(N)C1CCCc2cccnc21. The number of pyridine rings is 1. The van der Waals surface area contributed by atoms with E-state index >= 15 is 0 Å². The van der Waals surface area contributed by atoms with Crippen LogP contribution in [-0.2, 0) is 12.8 Å². The number of nitrogens with zero attached hydrogens (tertiary/aromatic N) is 1. The number of rotatable bonds is 3. The minimum atomic E-state index is 0.157. The van der Waals surface area contributed by atoms with Crippen molar-refractivity contribution in [3.8, 4) is 0 Å². The van der Waals surface area contributed by atoms with E-state index in [0.717, 1.165) is 19.3 Å². The summed E-state index contributed by atoms with van der Waals surface area (Å²) in [6.45, 7) is 2.16. The van der Waals surface area contributed by atoms with E-state index in [9.17, 15) is 0 Å². The summed E-state index contributed by atoms with van der Waals surface area (Å²) in [5, 5.41) is 0. The highest BCUT2D eigenvalue weighted by molar-refractivity contribution is 5.30. The van der Waals surface area contributed by atoms with Crippen LogP contribution in [0, 0.1) is 6.92 Å². The van der Waals surface area contributed by atoms with Crippen LogP contribution in [0.4, 0.5) is 0 Å². The summed E-state index contributed by atoms with van der Waals surface area (Å²) in [5.74, 6) is 0.402. The molecule has 0 spiro atoms. The number of aryl methyl sites for hydroxylation is 2. The first kappa shape index (κ1) is 13.3. The zero-order valence-electron chi connectivity index (χ0n) is 12.0. The van der Waals surface area contributed by atoms with Crippen molar-refractivity contribution >= 4 is 0 Å². The fourth-order valence-corrected chi connectivity index (χ4v) is 3.30. The second kappa shape index (κ2) is 5.76. The van der Waals surface area contributed by atoms with Gasteiger partial charge < -0.3 is 5.73 Å². The zero-order valence-corrected chi connectivity index (χ0v) is 12.0. The van der Waals surface area contributed by atoms with Gasteiger partial charge >= 0.3 is 0 Å². The third-order valence-electron chi connectivity index (χ3n) is 4.47. The van der Waals surface area contributed by atoms with Crippen molar-refractivity contribution in [3.05, 3.63) is 65.0 Å². The molecule has 1 aromatic carbocycles. The lowest BCUT2D eigenvalue weighted by Crippen LogP contribution is -2.33. The number of aromatic nitrogens is 1. The van der Waals surface area contributed by atoms with Crippen LogP contribution >= 0.6 is 0 Å².